The average molecular weight is 484 g/mol. The summed E-state index contributed by atoms with van der Waals surface area (Å²) in [4.78, 5) is 11.5. The molecule has 27 heavy (non-hydrogen) atoms. The highest BCUT2D eigenvalue weighted by Crippen LogP contribution is 2.24. The van der Waals surface area contributed by atoms with Crippen molar-refractivity contribution < 1.29 is 0 Å². The first-order valence-electron chi connectivity index (χ1n) is 9.75. The van der Waals surface area contributed by atoms with E-state index in [4.69, 9.17) is 5.73 Å². The van der Waals surface area contributed by atoms with E-state index >= 15 is 0 Å². The van der Waals surface area contributed by atoms with E-state index in [1.54, 1.807) is 12.5 Å². The van der Waals surface area contributed by atoms with Crippen LogP contribution in [0.15, 0.2) is 23.7 Å². The van der Waals surface area contributed by atoms with E-state index < -0.39 is 0 Å². The molecule has 148 valence electrons. The van der Waals surface area contributed by atoms with Crippen LogP contribution in [0.25, 0.3) is 5.65 Å². The van der Waals surface area contributed by atoms with Crippen LogP contribution in [0.4, 0.5) is 5.82 Å². The predicted molar refractivity (Wildman–Crippen MR) is 118 cm³/mol. The van der Waals surface area contributed by atoms with Gasteiger partial charge in [-0.25, -0.2) is 4.98 Å². The monoisotopic (exact) mass is 484 g/mol. The minimum atomic E-state index is 0. The fraction of sp³-hybridized carbons (Fsp3) is 0.667. The smallest absolute Gasteiger partial charge is 0.203 e. The van der Waals surface area contributed by atoms with E-state index in [1.165, 1.54) is 38.5 Å². The Labute approximate surface area is 177 Å². The van der Waals surface area contributed by atoms with Crippen LogP contribution in [0.5, 0.6) is 0 Å². The van der Waals surface area contributed by atoms with Crippen molar-refractivity contribution in [3.63, 3.8) is 0 Å². The molecule has 2 fully saturated rings. The van der Waals surface area contributed by atoms with Gasteiger partial charge in [0.05, 0.1) is 0 Å². The van der Waals surface area contributed by atoms with Gasteiger partial charge in [-0.3, -0.25) is 9.39 Å². The van der Waals surface area contributed by atoms with Gasteiger partial charge in [0.2, 0.25) is 5.65 Å². The molecule has 1 unspecified atom stereocenters. The fourth-order valence-electron chi connectivity index (χ4n) is 4.10. The molecule has 0 radical (unpaired) electrons. The number of anilines is 1. The number of aromatic nitrogens is 4. The van der Waals surface area contributed by atoms with E-state index in [2.05, 4.69) is 30.4 Å². The predicted octanol–water partition coefficient (Wildman–Crippen LogP) is 2.20. The first-order valence-corrected chi connectivity index (χ1v) is 9.75. The van der Waals surface area contributed by atoms with Crippen LogP contribution in [-0.2, 0) is 0 Å². The van der Waals surface area contributed by atoms with Crippen LogP contribution >= 0.6 is 24.0 Å². The summed E-state index contributed by atoms with van der Waals surface area (Å²) in [5, 5.41) is 11.6. The van der Waals surface area contributed by atoms with Crippen LogP contribution in [0.2, 0.25) is 0 Å². The third kappa shape index (κ3) is 4.99. The first kappa shape index (κ1) is 20.1. The molecule has 0 amide bonds. The summed E-state index contributed by atoms with van der Waals surface area (Å²) in [6.07, 6.45) is 14.1. The molecule has 1 atom stereocenters. The molecule has 3 N–H and O–H groups in total. The zero-order chi connectivity index (χ0) is 17.8. The normalized spacial score (nSPS) is 21.9. The third-order valence-electron chi connectivity index (χ3n) is 5.49. The Morgan fingerprint density at radius 3 is 2.93 bits per heavy atom. The zero-order valence-electron chi connectivity index (χ0n) is 15.6. The summed E-state index contributed by atoms with van der Waals surface area (Å²) in [5.74, 6) is 2.00. The lowest BCUT2D eigenvalue weighted by Gasteiger charge is -2.33. The van der Waals surface area contributed by atoms with Crippen molar-refractivity contribution in [3.05, 3.63) is 18.7 Å². The molecule has 3 heterocycles. The highest BCUT2D eigenvalue weighted by molar-refractivity contribution is 14.0. The van der Waals surface area contributed by atoms with Crippen molar-refractivity contribution in [2.24, 2.45) is 16.6 Å². The van der Waals surface area contributed by atoms with Gasteiger partial charge in [-0.15, -0.1) is 34.2 Å². The standard InChI is InChI=1S/C18H28N8.HI/c19-18(23-15-6-2-1-3-7-15)21-11-14-5-4-9-25(12-14)16-17-24-22-13-26(17)10-8-20-16;/h8,10,13-15H,1-7,9,11-12H2,(H3,19,21,23);1H. The zero-order valence-corrected chi connectivity index (χ0v) is 18.0. The summed E-state index contributed by atoms with van der Waals surface area (Å²) in [6.45, 7) is 2.69. The second-order valence-electron chi connectivity index (χ2n) is 7.47. The van der Waals surface area contributed by atoms with Gasteiger partial charge >= 0.3 is 0 Å². The number of piperidine rings is 1. The van der Waals surface area contributed by atoms with Crippen LogP contribution in [0.3, 0.4) is 0 Å². The maximum atomic E-state index is 6.12. The number of nitrogens with one attached hydrogen (secondary N) is 1. The highest BCUT2D eigenvalue weighted by Gasteiger charge is 2.23. The number of aliphatic imine (C=N–C) groups is 1. The molecule has 4 rings (SSSR count). The molecule has 1 aliphatic heterocycles. The van der Waals surface area contributed by atoms with Gasteiger partial charge in [0.1, 0.15) is 6.33 Å². The van der Waals surface area contributed by atoms with E-state index in [0.717, 1.165) is 37.5 Å². The number of rotatable bonds is 4. The Hall–Kier alpha value is -1.65. The summed E-state index contributed by atoms with van der Waals surface area (Å²) in [5.41, 5.74) is 6.93. The molecule has 2 aromatic rings. The molecular weight excluding hydrogens is 455 g/mol. The second-order valence-corrected chi connectivity index (χ2v) is 7.47. The van der Waals surface area contributed by atoms with E-state index in [-0.39, 0.29) is 24.0 Å². The highest BCUT2D eigenvalue weighted by atomic mass is 127. The van der Waals surface area contributed by atoms with Gasteiger partial charge in [0.15, 0.2) is 11.8 Å². The quantitative estimate of drug-likeness (QED) is 0.393. The molecule has 1 saturated carbocycles. The van der Waals surface area contributed by atoms with Crippen LogP contribution in [-0.4, -0.2) is 51.2 Å². The number of hydrogen-bond donors (Lipinski definition) is 2. The Bertz CT molecular complexity index is 755. The largest absolute Gasteiger partial charge is 0.370 e. The summed E-state index contributed by atoms with van der Waals surface area (Å²) < 4.78 is 1.91. The van der Waals surface area contributed by atoms with Gasteiger partial charge in [-0.1, -0.05) is 19.3 Å². The summed E-state index contributed by atoms with van der Waals surface area (Å²) in [6, 6.07) is 0.505. The van der Waals surface area contributed by atoms with Crippen LogP contribution in [0.1, 0.15) is 44.9 Å². The number of fused-ring (bicyclic) bond motifs is 1. The Balaban J connectivity index is 0.00000210. The molecule has 1 aliphatic carbocycles. The van der Waals surface area contributed by atoms with Crippen molar-refractivity contribution in [2.45, 2.75) is 51.0 Å². The van der Waals surface area contributed by atoms with Gasteiger partial charge in [0, 0.05) is 38.1 Å². The summed E-state index contributed by atoms with van der Waals surface area (Å²) >= 11 is 0. The van der Waals surface area contributed by atoms with Gasteiger partial charge in [0.25, 0.3) is 0 Å². The van der Waals surface area contributed by atoms with Crippen LogP contribution in [0, 0.1) is 5.92 Å². The topological polar surface area (TPSA) is 96.7 Å². The molecule has 1 saturated heterocycles. The van der Waals surface area contributed by atoms with Gasteiger partial charge < -0.3 is 16.0 Å². The maximum Gasteiger partial charge on any atom is 0.203 e. The molecule has 2 aliphatic rings. The Morgan fingerprint density at radius 2 is 2.07 bits per heavy atom. The average Bonchev–Trinajstić information content (AvgIpc) is 3.16. The van der Waals surface area contributed by atoms with Crippen molar-refractivity contribution in [2.75, 3.05) is 24.5 Å². The third-order valence-corrected chi connectivity index (χ3v) is 5.49. The lowest BCUT2D eigenvalue weighted by molar-refractivity contribution is 0.407. The van der Waals surface area contributed by atoms with E-state index in [1.807, 2.05) is 10.6 Å². The van der Waals surface area contributed by atoms with Crippen molar-refractivity contribution >= 4 is 41.4 Å². The molecule has 2 aromatic heterocycles. The molecule has 0 aromatic carbocycles. The van der Waals surface area contributed by atoms with Gasteiger partial charge in [-0.05, 0) is 31.6 Å². The number of guanidine groups is 1. The number of nitrogens with zero attached hydrogens (tertiary/aromatic N) is 6. The van der Waals surface area contributed by atoms with Crippen molar-refractivity contribution in [1.82, 2.24) is 24.9 Å². The Kier molecular flexibility index (Phi) is 7.08. The molecule has 8 nitrogen and oxygen atoms in total. The molecular formula is C18H29IN8. The van der Waals surface area contributed by atoms with Crippen molar-refractivity contribution in [1.29, 1.82) is 0 Å². The van der Waals surface area contributed by atoms with Crippen molar-refractivity contribution in [3.8, 4) is 0 Å². The fourth-order valence-corrected chi connectivity index (χ4v) is 4.10. The number of hydrogen-bond acceptors (Lipinski definition) is 5. The first-order chi connectivity index (χ1) is 12.8. The molecule has 9 heteroatoms. The minimum absolute atomic E-state index is 0. The molecule has 0 bridgehead atoms. The van der Waals surface area contributed by atoms with Crippen LogP contribution < -0.4 is 16.0 Å². The Morgan fingerprint density at radius 1 is 1.22 bits per heavy atom. The van der Waals surface area contributed by atoms with Gasteiger partial charge in [-0.2, -0.15) is 0 Å². The number of nitrogens with two attached hydrogens (primary N) is 1. The lowest BCUT2D eigenvalue weighted by atomic mass is 9.96. The lowest BCUT2D eigenvalue weighted by Crippen LogP contribution is -2.42. The minimum Gasteiger partial charge on any atom is -0.370 e. The number of halogens is 1. The maximum absolute atomic E-state index is 6.12. The second kappa shape index (κ2) is 9.52. The van der Waals surface area contributed by atoms with E-state index in [0.29, 0.717) is 17.9 Å². The SMILES string of the molecule is I.NC(=NCC1CCCN(c2nccn3cnnc23)C1)NC1CCCCC1. The van der Waals surface area contributed by atoms with E-state index in [9.17, 15) is 0 Å². The summed E-state index contributed by atoms with van der Waals surface area (Å²) in [7, 11) is 0. The molecule has 0 spiro atoms.